The Bertz CT molecular complexity index is 1160. The van der Waals surface area contributed by atoms with E-state index in [1.807, 2.05) is 6.92 Å². The molecular weight excluding hydrogens is 571 g/mol. The predicted molar refractivity (Wildman–Crippen MR) is 136 cm³/mol. The number of nitrogens with one attached hydrogen (secondary N) is 1. The van der Waals surface area contributed by atoms with Gasteiger partial charge in [0.1, 0.15) is 18.2 Å². The summed E-state index contributed by atoms with van der Waals surface area (Å²) in [7, 11) is 1.52. The Labute approximate surface area is 214 Å². The van der Waals surface area contributed by atoms with Crippen LogP contribution in [0.2, 0.25) is 0 Å². The van der Waals surface area contributed by atoms with Gasteiger partial charge in [0.2, 0.25) is 0 Å². The van der Waals surface area contributed by atoms with Gasteiger partial charge >= 0.3 is 0 Å². The summed E-state index contributed by atoms with van der Waals surface area (Å²) in [5.41, 5.74) is 4.05. The maximum Gasteiger partial charge on any atom is 0.271 e. The normalized spacial score (nSPS) is 10.9. The van der Waals surface area contributed by atoms with Crippen molar-refractivity contribution in [2.45, 2.75) is 20.0 Å². The number of carbonyl (C=O) groups is 1. The summed E-state index contributed by atoms with van der Waals surface area (Å²) in [5.74, 6) is 0.872. The van der Waals surface area contributed by atoms with Crippen LogP contribution < -0.4 is 19.6 Å². The molecule has 1 amide bonds. The molecule has 0 spiro atoms. The number of hydrogen-bond acceptors (Lipinski definition) is 5. The molecule has 0 aromatic heterocycles. The van der Waals surface area contributed by atoms with Crippen molar-refractivity contribution in [2.24, 2.45) is 5.10 Å². The van der Waals surface area contributed by atoms with Gasteiger partial charge in [-0.25, -0.2) is 9.82 Å². The highest BCUT2D eigenvalue weighted by molar-refractivity contribution is 9.11. The number of rotatable bonds is 10. The minimum atomic E-state index is -0.389. The van der Waals surface area contributed by atoms with Crippen molar-refractivity contribution in [3.63, 3.8) is 0 Å². The molecular formula is C25H23Br2FN2O4. The van der Waals surface area contributed by atoms with Crippen LogP contribution in [0.5, 0.6) is 17.2 Å². The zero-order valence-electron chi connectivity index (χ0n) is 18.6. The molecule has 0 aliphatic heterocycles. The SMILES string of the molecule is CCCOc1ccc(C(=O)N/N=C/c2cc(Br)c(OCc3ccccc3F)c(Br)c2)cc1OC. The standard InChI is InChI=1S/C25H23Br2FN2O4/c1-3-10-33-22-9-8-17(13-23(22)32-2)25(31)30-29-14-16-11-19(26)24(20(27)12-16)34-15-18-6-4-5-7-21(18)28/h4-9,11-14H,3,10,15H2,1-2H3,(H,30,31)/b29-14+. The number of halogens is 3. The molecule has 6 nitrogen and oxygen atoms in total. The summed E-state index contributed by atoms with van der Waals surface area (Å²) in [5, 5.41) is 4.03. The van der Waals surface area contributed by atoms with Gasteiger partial charge in [-0.15, -0.1) is 0 Å². The van der Waals surface area contributed by atoms with E-state index in [2.05, 4.69) is 42.4 Å². The molecule has 0 unspecified atom stereocenters. The largest absolute Gasteiger partial charge is 0.493 e. The van der Waals surface area contributed by atoms with Crippen LogP contribution in [0.15, 0.2) is 68.6 Å². The van der Waals surface area contributed by atoms with Crippen LogP contribution in [0.25, 0.3) is 0 Å². The Hall–Kier alpha value is -2.91. The molecule has 0 fully saturated rings. The van der Waals surface area contributed by atoms with Gasteiger partial charge in [-0.1, -0.05) is 25.1 Å². The van der Waals surface area contributed by atoms with Crippen LogP contribution in [-0.4, -0.2) is 25.8 Å². The highest BCUT2D eigenvalue weighted by Gasteiger charge is 2.12. The van der Waals surface area contributed by atoms with Crippen LogP contribution >= 0.6 is 31.9 Å². The molecule has 3 rings (SSSR count). The maximum absolute atomic E-state index is 13.8. The van der Waals surface area contributed by atoms with E-state index < -0.39 is 0 Å². The van der Waals surface area contributed by atoms with Gasteiger partial charge in [-0.05, 0) is 80.2 Å². The second-order valence-electron chi connectivity index (χ2n) is 7.11. The van der Waals surface area contributed by atoms with Crippen LogP contribution in [0.1, 0.15) is 34.8 Å². The molecule has 0 aliphatic rings. The topological polar surface area (TPSA) is 69.2 Å². The monoisotopic (exact) mass is 592 g/mol. The van der Waals surface area contributed by atoms with Crippen LogP contribution in [0.4, 0.5) is 4.39 Å². The second-order valence-corrected chi connectivity index (χ2v) is 8.82. The van der Waals surface area contributed by atoms with Crippen molar-refractivity contribution in [3.8, 4) is 17.2 Å². The minimum absolute atomic E-state index is 0.0824. The average molecular weight is 594 g/mol. The van der Waals surface area contributed by atoms with Crippen LogP contribution in [0.3, 0.4) is 0 Å². The maximum atomic E-state index is 13.8. The Morgan fingerprint density at radius 3 is 2.47 bits per heavy atom. The number of ether oxygens (including phenoxy) is 3. The number of hydrogen-bond donors (Lipinski definition) is 1. The van der Waals surface area contributed by atoms with Crippen LogP contribution in [-0.2, 0) is 6.61 Å². The Morgan fingerprint density at radius 2 is 1.79 bits per heavy atom. The van der Waals surface area contributed by atoms with Crippen molar-refractivity contribution in [2.75, 3.05) is 13.7 Å². The van der Waals surface area contributed by atoms with Crippen molar-refractivity contribution in [3.05, 3.63) is 86.1 Å². The van der Waals surface area contributed by atoms with Gasteiger partial charge in [0, 0.05) is 11.1 Å². The number of nitrogens with zero attached hydrogens (tertiary/aromatic N) is 1. The molecule has 34 heavy (non-hydrogen) atoms. The predicted octanol–water partition coefficient (Wildman–Crippen LogP) is 6.49. The summed E-state index contributed by atoms with van der Waals surface area (Å²) >= 11 is 6.93. The summed E-state index contributed by atoms with van der Waals surface area (Å²) in [6, 6.07) is 14.9. The van der Waals surface area contributed by atoms with E-state index in [4.69, 9.17) is 14.2 Å². The molecule has 9 heteroatoms. The van der Waals surface area contributed by atoms with Gasteiger partial charge in [0.25, 0.3) is 5.91 Å². The van der Waals surface area contributed by atoms with E-state index in [-0.39, 0.29) is 18.3 Å². The number of amides is 1. The second kappa shape index (κ2) is 12.5. The molecule has 0 saturated carbocycles. The van der Waals surface area contributed by atoms with E-state index in [1.54, 1.807) is 48.5 Å². The molecule has 3 aromatic rings. The molecule has 0 atom stereocenters. The molecule has 3 aromatic carbocycles. The van der Waals surface area contributed by atoms with Gasteiger partial charge in [0.15, 0.2) is 11.5 Å². The molecule has 0 heterocycles. The molecule has 0 aliphatic carbocycles. The van der Waals surface area contributed by atoms with Crippen molar-refractivity contribution < 1.29 is 23.4 Å². The van der Waals surface area contributed by atoms with E-state index in [9.17, 15) is 9.18 Å². The fraction of sp³-hybridized carbons (Fsp3) is 0.200. The molecule has 178 valence electrons. The number of hydrazone groups is 1. The first kappa shape index (κ1) is 25.7. The van der Waals surface area contributed by atoms with Crippen molar-refractivity contribution >= 4 is 44.0 Å². The Balaban J connectivity index is 1.64. The smallest absolute Gasteiger partial charge is 0.271 e. The van der Waals surface area contributed by atoms with Gasteiger partial charge in [-0.3, -0.25) is 4.79 Å². The lowest BCUT2D eigenvalue weighted by Gasteiger charge is -2.12. The first-order valence-corrected chi connectivity index (χ1v) is 12.0. The van der Waals surface area contributed by atoms with E-state index in [0.717, 1.165) is 6.42 Å². The number of carbonyl (C=O) groups excluding carboxylic acids is 1. The third-order valence-electron chi connectivity index (χ3n) is 4.62. The zero-order valence-corrected chi connectivity index (χ0v) is 21.8. The zero-order chi connectivity index (χ0) is 24.5. The van der Waals surface area contributed by atoms with E-state index >= 15 is 0 Å². The summed E-state index contributed by atoms with van der Waals surface area (Å²) in [4.78, 5) is 12.5. The van der Waals surface area contributed by atoms with Gasteiger partial charge in [0.05, 0.1) is 28.9 Å². The fourth-order valence-corrected chi connectivity index (χ4v) is 4.38. The van der Waals surface area contributed by atoms with Crippen LogP contribution in [0, 0.1) is 5.82 Å². The lowest BCUT2D eigenvalue weighted by Crippen LogP contribution is -2.17. The first-order valence-electron chi connectivity index (χ1n) is 10.4. The molecule has 0 radical (unpaired) electrons. The summed E-state index contributed by atoms with van der Waals surface area (Å²) < 4.78 is 31.8. The minimum Gasteiger partial charge on any atom is -0.493 e. The van der Waals surface area contributed by atoms with E-state index in [0.29, 0.717) is 49.5 Å². The Morgan fingerprint density at radius 1 is 1.06 bits per heavy atom. The van der Waals surface area contributed by atoms with Crippen molar-refractivity contribution in [1.82, 2.24) is 5.43 Å². The van der Waals surface area contributed by atoms with Crippen molar-refractivity contribution in [1.29, 1.82) is 0 Å². The molecule has 0 bridgehead atoms. The third kappa shape index (κ3) is 6.80. The quantitative estimate of drug-likeness (QED) is 0.215. The lowest BCUT2D eigenvalue weighted by atomic mass is 10.2. The molecule has 0 saturated heterocycles. The highest BCUT2D eigenvalue weighted by Crippen LogP contribution is 2.35. The number of methoxy groups -OCH3 is 1. The summed E-state index contributed by atoms with van der Waals surface area (Å²) in [6.45, 7) is 2.65. The van der Waals surface area contributed by atoms with E-state index in [1.165, 1.54) is 19.4 Å². The Kier molecular flexibility index (Phi) is 9.47. The lowest BCUT2D eigenvalue weighted by molar-refractivity contribution is 0.0954. The van der Waals surface area contributed by atoms with Gasteiger partial charge in [-0.2, -0.15) is 5.10 Å². The van der Waals surface area contributed by atoms with Gasteiger partial charge < -0.3 is 14.2 Å². The summed E-state index contributed by atoms with van der Waals surface area (Å²) in [6.07, 6.45) is 2.37. The average Bonchev–Trinajstić information content (AvgIpc) is 2.83. The number of benzene rings is 3. The highest BCUT2D eigenvalue weighted by atomic mass is 79.9. The first-order chi connectivity index (χ1) is 16.4. The molecule has 1 N–H and O–H groups in total. The third-order valence-corrected chi connectivity index (χ3v) is 5.80. The fourth-order valence-electron chi connectivity index (χ4n) is 2.93.